The number of amides is 1. The van der Waals surface area contributed by atoms with E-state index in [0.29, 0.717) is 18.5 Å². The number of para-hydroxylation sites is 1. The first kappa shape index (κ1) is 16.5. The van der Waals surface area contributed by atoms with Crippen LogP contribution in [-0.4, -0.2) is 27.0 Å². The predicted octanol–water partition coefficient (Wildman–Crippen LogP) is 2.69. The highest BCUT2D eigenvalue weighted by Crippen LogP contribution is 2.17. The standard InChI is InChI=1S/C19H18N4O2S/c24-17(6-9-23-12-22-18-15(19(23)25)7-10-26-18)20-8-5-13-11-21-16-4-2-1-3-14(13)16/h1-4,7,10-12,21H,5-6,8-9H2,(H,20,24). The molecule has 0 atom stereocenters. The Morgan fingerprint density at radius 2 is 2.12 bits per heavy atom. The first-order chi connectivity index (χ1) is 12.7. The molecule has 0 bridgehead atoms. The van der Waals surface area contributed by atoms with Gasteiger partial charge in [-0.3, -0.25) is 14.2 Å². The van der Waals surface area contributed by atoms with Crippen molar-refractivity contribution in [3.63, 3.8) is 0 Å². The molecule has 0 saturated heterocycles. The Labute approximate surface area is 153 Å². The van der Waals surface area contributed by atoms with E-state index in [1.165, 1.54) is 33.2 Å². The zero-order valence-electron chi connectivity index (χ0n) is 14.1. The molecule has 2 N–H and O–H groups in total. The summed E-state index contributed by atoms with van der Waals surface area (Å²) in [5, 5.41) is 6.56. The molecule has 6 nitrogen and oxygen atoms in total. The monoisotopic (exact) mass is 366 g/mol. The molecule has 0 aliphatic carbocycles. The molecule has 4 rings (SSSR count). The van der Waals surface area contributed by atoms with Crippen molar-refractivity contribution in [1.29, 1.82) is 0 Å². The molecule has 132 valence electrons. The molecule has 0 unspecified atom stereocenters. The first-order valence-corrected chi connectivity index (χ1v) is 9.34. The molecule has 3 aromatic heterocycles. The van der Waals surface area contributed by atoms with E-state index in [0.717, 1.165) is 16.8 Å². The number of thiophene rings is 1. The van der Waals surface area contributed by atoms with Crippen molar-refractivity contribution in [3.05, 3.63) is 64.2 Å². The maximum absolute atomic E-state index is 12.3. The molecule has 1 aromatic carbocycles. The third-order valence-corrected chi connectivity index (χ3v) is 5.24. The van der Waals surface area contributed by atoms with Crippen LogP contribution in [0, 0.1) is 0 Å². The van der Waals surface area contributed by atoms with Gasteiger partial charge < -0.3 is 10.3 Å². The lowest BCUT2D eigenvalue weighted by Gasteiger charge is -2.07. The molecular formula is C19H18N4O2S. The van der Waals surface area contributed by atoms with Gasteiger partial charge in [-0.15, -0.1) is 11.3 Å². The summed E-state index contributed by atoms with van der Waals surface area (Å²) in [7, 11) is 0. The molecule has 0 aliphatic rings. The lowest BCUT2D eigenvalue weighted by Crippen LogP contribution is -2.28. The lowest BCUT2D eigenvalue weighted by atomic mass is 10.1. The number of carbonyl (C=O) groups is 1. The SMILES string of the molecule is O=C(CCn1cnc2sccc2c1=O)NCCc1c[nH]c2ccccc12. The molecule has 26 heavy (non-hydrogen) atoms. The van der Waals surface area contributed by atoms with Crippen molar-refractivity contribution in [2.24, 2.45) is 0 Å². The number of nitrogens with one attached hydrogen (secondary N) is 2. The average Bonchev–Trinajstić information content (AvgIpc) is 3.29. The molecule has 0 radical (unpaired) electrons. The van der Waals surface area contributed by atoms with E-state index in [4.69, 9.17) is 0 Å². The van der Waals surface area contributed by atoms with Gasteiger partial charge in [0.05, 0.1) is 11.7 Å². The number of fused-ring (bicyclic) bond motifs is 2. The van der Waals surface area contributed by atoms with Gasteiger partial charge in [0.2, 0.25) is 5.91 Å². The summed E-state index contributed by atoms with van der Waals surface area (Å²) >= 11 is 1.44. The highest BCUT2D eigenvalue weighted by molar-refractivity contribution is 7.16. The van der Waals surface area contributed by atoms with Crippen molar-refractivity contribution >= 4 is 38.4 Å². The maximum Gasteiger partial charge on any atom is 0.262 e. The van der Waals surface area contributed by atoms with Crippen LogP contribution >= 0.6 is 11.3 Å². The number of benzene rings is 1. The summed E-state index contributed by atoms with van der Waals surface area (Å²) in [6.07, 6.45) is 4.52. The minimum atomic E-state index is -0.0946. The molecule has 0 saturated carbocycles. The highest BCUT2D eigenvalue weighted by atomic mass is 32.1. The minimum Gasteiger partial charge on any atom is -0.361 e. The van der Waals surface area contributed by atoms with Crippen molar-refractivity contribution in [3.8, 4) is 0 Å². The second kappa shape index (κ2) is 7.13. The molecule has 0 aliphatic heterocycles. The van der Waals surface area contributed by atoms with Crippen LogP contribution in [0.2, 0.25) is 0 Å². The van der Waals surface area contributed by atoms with E-state index in [1.807, 2.05) is 29.8 Å². The number of carbonyl (C=O) groups excluding carboxylic acids is 1. The van der Waals surface area contributed by atoms with Gasteiger partial charge in [0.1, 0.15) is 4.83 Å². The van der Waals surface area contributed by atoms with E-state index in [9.17, 15) is 9.59 Å². The van der Waals surface area contributed by atoms with E-state index in [1.54, 1.807) is 6.07 Å². The third kappa shape index (κ3) is 3.25. The minimum absolute atomic E-state index is 0.0674. The quantitative estimate of drug-likeness (QED) is 0.551. The van der Waals surface area contributed by atoms with Gasteiger partial charge in [0, 0.05) is 36.6 Å². The largest absolute Gasteiger partial charge is 0.361 e. The number of aromatic amines is 1. The summed E-state index contributed by atoms with van der Waals surface area (Å²) in [5.74, 6) is -0.0674. The molecule has 7 heteroatoms. The van der Waals surface area contributed by atoms with E-state index in [-0.39, 0.29) is 17.9 Å². The lowest BCUT2D eigenvalue weighted by molar-refractivity contribution is -0.121. The number of rotatable bonds is 6. The number of aryl methyl sites for hydroxylation is 1. The van der Waals surface area contributed by atoms with Crippen LogP contribution in [0.5, 0.6) is 0 Å². The van der Waals surface area contributed by atoms with Crippen molar-refractivity contribution < 1.29 is 4.79 Å². The maximum atomic E-state index is 12.3. The van der Waals surface area contributed by atoms with Gasteiger partial charge in [0.25, 0.3) is 5.56 Å². The number of hydrogen-bond acceptors (Lipinski definition) is 4. The fraction of sp³-hybridized carbons (Fsp3) is 0.211. The summed E-state index contributed by atoms with van der Waals surface area (Å²) in [5.41, 5.74) is 2.19. The van der Waals surface area contributed by atoms with Gasteiger partial charge >= 0.3 is 0 Å². The smallest absolute Gasteiger partial charge is 0.262 e. The molecule has 4 aromatic rings. The molecule has 0 spiro atoms. The summed E-state index contributed by atoms with van der Waals surface area (Å²) in [6.45, 7) is 0.897. The molecule has 3 heterocycles. The molecule has 0 fully saturated rings. The Morgan fingerprint density at radius 1 is 1.23 bits per heavy atom. The molecular weight excluding hydrogens is 348 g/mol. The van der Waals surface area contributed by atoms with Crippen LogP contribution in [-0.2, 0) is 17.8 Å². The zero-order valence-corrected chi connectivity index (χ0v) is 14.9. The second-order valence-corrected chi connectivity index (χ2v) is 6.99. The van der Waals surface area contributed by atoms with Crippen LogP contribution in [0.3, 0.4) is 0 Å². The predicted molar refractivity (Wildman–Crippen MR) is 104 cm³/mol. The van der Waals surface area contributed by atoms with E-state index >= 15 is 0 Å². The number of nitrogens with zero attached hydrogens (tertiary/aromatic N) is 2. The topological polar surface area (TPSA) is 79.8 Å². The normalized spacial score (nSPS) is 11.2. The Balaban J connectivity index is 1.31. The van der Waals surface area contributed by atoms with Crippen LogP contribution < -0.4 is 10.9 Å². The number of hydrogen-bond donors (Lipinski definition) is 2. The molecule has 1 amide bonds. The number of aromatic nitrogens is 3. The van der Waals surface area contributed by atoms with Gasteiger partial charge in [-0.25, -0.2) is 4.98 Å². The van der Waals surface area contributed by atoms with Gasteiger partial charge in [-0.2, -0.15) is 0 Å². The van der Waals surface area contributed by atoms with Crippen LogP contribution in [0.4, 0.5) is 0 Å². The Hall–Kier alpha value is -2.93. The van der Waals surface area contributed by atoms with E-state index in [2.05, 4.69) is 21.4 Å². The summed E-state index contributed by atoms with van der Waals surface area (Å²) < 4.78 is 1.49. The Bertz CT molecular complexity index is 1130. The van der Waals surface area contributed by atoms with Gasteiger partial charge in [0.15, 0.2) is 0 Å². The van der Waals surface area contributed by atoms with Crippen molar-refractivity contribution in [2.75, 3.05) is 6.54 Å². The average molecular weight is 366 g/mol. The van der Waals surface area contributed by atoms with Crippen LogP contribution in [0.15, 0.2) is 53.0 Å². The third-order valence-electron chi connectivity index (χ3n) is 4.42. The zero-order chi connectivity index (χ0) is 17.9. The first-order valence-electron chi connectivity index (χ1n) is 8.47. The number of H-pyrrole nitrogens is 1. The fourth-order valence-corrected chi connectivity index (χ4v) is 3.76. The Morgan fingerprint density at radius 3 is 3.04 bits per heavy atom. The van der Waals surface area contributed by atoms with E-state index < -0.39 is 0 Å². The highest BCUT2D eigenvalue weighted by Gasteiger charge is 2.08. The summed E-state index contributed by atoms with van der Waals surface area (Å²) in [6, 6.07) is 9.88. The summed E-state index contributed by atoms with van der Waals surface area (Å²) in [4.78, 5) is 32.6. The fourth-order valence-electron chi connectivity index (χ4n) is 3.04. The second-order valence-electron chi connectivity index (χ2n) is 6.09. The van der Waals surface area contributed by atoms with Gasteiger partial charge in [-0.05, 0) is 29.5 Å². The van der Waals surface area contributed by atoms with Crippen molar-refractivity contribution in [2.45, 2.75) is 19.4 Å². The van der Waals surface area contributed by atoms with Gasteiger partial charge in [-0.1, -0.05) is 18.2 Å². The van der Waals surface area contributed by atoms with Crippen LogP contribution in [0.1, 0.15) is 12.0 Å². The Kier molecular flexibility index (Phi) is 4.53. The van der Waals surface area contributed by atoms with Crippen LogP contribution in [0.25, 0.3) is 21.1 Å². The van der Waals surface area contributed by atoms with Crippen molar-refractivity contribution in [1.82, 2.24) is 19.9 Å².